The van der Waals surface area contributed by atoms with Gasteiger partial charge in [0.1, 0.15) is 11.8 Å². The molecule has 1 unspecified atom stereocenters. The van der Waals surface area contributed by atoms with Crippen LogP contribution >= 0.6 is 0 Å². The topological polar surface area (TPSA) is 104 Å². The Morgan fingerprint density at radius 3 is 2.84 bits per heavy atom. The Bertz CT molecular complexity index is 1160. The van der Waals surface area contributed by atoms with Crippen LogP contribution in [0.4, 0.5) is 0 Å². The van der Waals surface area contributed by atoms with Crippen molar-refractivity contribution in [1.29, 1.82) is 5.26 Å². The van der Waals surface area contributed by atoms with Crippen molar-refractivity contribution in [1.82, 2.24) is 15.5 Å². The van der Waals surface area contributed by atoms with Crippen LogP contribution in [0.5, 0.6) is 5.75 Å². The first kappa shape index (κ1) is 22.0. The highest BCUT2D eigenvalue weighted by Crippen LogP contribution is 2.38. The van der Waals surface area contributed by atoms with Crippen molar-refractivity contribution in [2.24, 2.45) is 0 Å². The highest BCUT2D eigenvalue weighted by atomic mass is 16.5. The zero-order valence-electron chi connectivity index (χ0n) is 18.8. The summed E-state index contributed by atoms with van der Waals surface area (Å²) in [5.74, 6) is 1.43. The van der Waals surface area contributed by atoms with Gasteiger partial charge in [0.05, 0.1) is 18.3 Å². The number of aliphatic hydroxyl groups excluding tert-OH is 1. The standard InChI is InChI=1S/C25H28N4O3/c1-15(2)31-22-11-8-16(12-17(22)13-26)24-27-23(29-32-24)20-7-5-6-19-18(20)9-10-21(19)28-25(3,4)14-30/h5-8,11-12,15,21,28,30H,9-10,14H2,1-4H3. The van der Waals surface area contributed by atoms with Gasteiger partial charge in [-0.15, -0.1) is 0 Å². The van der Waals surface area contributed by atoms with Crippen LogP contribution in [0.3, 0.4) is 0 Å². The second-order valence-electron chi connectivity index (χ2n) is 9.06. The summed E-state index contributed by atoms with van der Waals surface area (Å²) >= 11 is 0. The third kappa shape index (κ3) is 4.38. The third-order valence-corrected chi connectivity index (χ3v) is 5.61. The molecule has 2 N–H and O–H groups in total. The fourth-order valence-electron chi connectivity index (χ4n) is 4.09. The Hall–Kier alpha value is -3.21. The van der Waals surface area contributed by atoms with Crippen molar-refractivity contribution in [3.63, 3.8) is 0 Å². The molecular weight excluding hydrogens is 404 g/mol. The number of hydrogen-bond donors (Lipinski definition) is 2. The number of benzene rings is 2. The highest BCUT2D eigenvalue weighted by molar-refractivity contribution is 5.67. The molecule has 1 atom stereocenters. The second-order valence-corrected chi connectivity index (χ2v) is 9.06. The predicted molar refractivity (Wildman–Crippen MR) is 121 cm³/mol. The van der Waals surface area contributed by atoms with Crippen molar-refractivity contribution >= 4 is 0 Å². The minimum absolute atomic E-state index is 0.0237. The molecule has 1 aliphatic rings. The summed E-state index contributed by atoms with van der Waals surface area (Å²) in [7, 11) is 0. The molecule has 0 saturated heterocycles. The number of aromatic nitrogens is 2. The lowest BCUT2D eigenvalue weighted by atomic mass is 9.99. The summed E-state index contributed by atoms with van der Waals surface area (Å²) in [4.78, 5) is 4.62. The molecule has 0 bridgehead atoms. The van der Waals surface area contributed by atoms with Gasteiger partial charge in [0, 0.05) is 22.7 Å². The quantitative estimate of drug-likeness (QED) is 0.570. The summed E-state index contributed by atoms with van der Waals surface area (Å²) in [6.45, 7) is 7.89. The molecule has 166 valence electrons. The summed E-state index contributed by atoms with van der Waals surface area (Å²) in [5, 5.41) is 26.9. The molecule has 7 heteroatoms. The van der Waals surface area contributed by atoms with Gasteiger partial charge in [-0.2, -0.15) is 10.2 Å². The average molecular weight is 433 g/mol. The van der Waals surface area contributed by atoms with E-state index in [-0.39, 0.29) is 24.3 Å². The van der Waals surface area contributed by atoms with E-state index in [4.69, 9.17) is 9.26 Å². The largest absolute Gasteiger partial charge is 0.490 e. The average Bonchev–Trinajstić information content (AvgIpc) is 3.41. The molecule has 1 aromatic heterocycles. The molecule has 0 aliphatic heterocycles. The first-order valence-corrected chi connectivity index (χ1v) is 10.9. The monoisotopic (exact) mass is 432 g/mol. The molecular formula is C25H28N4O3. The molecule has 0 saturated carbocycles. The molecule has 1 heterocycles. The summed E-state index contributed by atoms with van der Waals surface area (Å²) in [6.07, 6.45) is 1.82. The lowest BCUT2D eigenvalue weighted by Gasteiger charge is -2.28. The van der Waals surface area contributed by atoms with Gasteiger partial charge in [0.2, 0.25) is 5.82 Å². The minimum Gasteiger partial charge on any atom is -0.490 e. The number of nitriles is 1. The Balaban J connectivity index is 1.63. The zero-order chi connectivity index (χ0) is 22.9. The maximum atomic E-state index is 9.62. The Morgan fingerprint density at radius 2 is 2.12 bits per heavy atom. The molecule has 0 amide bonds. The van der Waals surface area contributed by atoms with Gasteiger partial charge < -0.3 is 19.7 Å². The smallest absolute Gasteiger partial charge is 0.258 e. The van der Waals surface area contributed by atoms with E-state index >= 15 is 0 Å². The second kappa shape index (κ2) is 8.73. The summed E-state index contributed by atoms with van der Waals surface area (Å²) < 4.78 is 11.2. The van der Waals surface area contributed by atoms with Crippen molar-refractivity contribution < 1.29 is 14.4 Å². The van der Waals surface area contributed by atoms with E-state index in [0.717, 1.165) is 18.4 Å². The van der Waals surface area contributed by atoms with Crippen molar-refractivity contribution in [2.75, 3.05) is 6.61 Å². The van der Waals surface area contributed by atoms with Crippen molar-refractivity contribution in [3.05, 3.63) is 53.1 Å². The van der Waals surface area contributed by atoms with Crippen molar-refractivity contribution in [2.45, 2.75) is 58.2 Å². The van der Waals surface area contributed by atoms with E-state index < -0.39 is 0 Å². The van der Waals surface area contributed by atoms with E-state index in [9.17, 15) is 10.4 Å². The molecule has 0 spiro atoms. The van der Waals surface area contributed by atoms with Gasteiger partial charge in [-0.1, -0.05) is 23.4 Å². The first-order valence-electron chi connectivity index (χ1n) is 10.9. The van der Waals surface area contributed by atoms with Gasteiger partial charge in [-0.3, -0.25) is 0 Å². The molecule has 0 fully saturated rings. The maximum absolute atomic E-state index is 9.62. The van der Waals surface area contributed by atoms with Crippen LogP contribution < -0.4 is 10.1 Å². The Morgan fingerprint density at radius 1 is 1.31 bits per heavy atom. The summed E-state index contributed by atoms with van der Waals surface area (Å²) in [5.41, 5.74) is 4.10. The molecule has 4 rings (SSSR count). The molecule has 1 aliphatic carbocycles. The van der Waals surface area contributed by atoms with Crippen LogP contribution in [0, 0.1) is 11.3 Å². The van der Waals surface area contributed by atoms with Crippen LogP contribution in [-0.4, -0.2) is 33.5 Å². The van der Waals surface area contributed by atoms with Crippen LogP contribution in [0.15, 0.2) is 40.9 Å². The molecule has 2 aromatic carbocycles. The van der Waals surface area contributed by atoms with Gasteiger partial charge in [0.15, 0.2) is 0 Å². The fraction of sp³-hybridized carbons (Fsp3) is 0.400. The molecule has 3 aromatic rings. The fourth-order valence-corrected chi connectivity index (χ4v) is 4.09. The normalized spacial score (nSPS) is 15.6. The first-order chi connectivity index (χ1) is 15.3. The molecule has 0 radical (unpaired) electrons. The van der Waals surface area contributed by atoms with Gasteiger partial charge in [-0.25, -0.2) is 0 Å². The lowest BCUT2D eigenvalue weighted by Crippen LogP contribution is -2.44. The third-order valence-electron chi connectivity index (χ3n) is 5.61. The van der Waals surface area contributed by atoms with E-state index in [0.29, 0.717) is 28.6 Å². The number of nitrogens with one attached hydrogen (secondary N) is 1. The van der Waals surface area contributed by atoms with Crippen LogP contribution in [0.1, 0.15) is 56.8 Å². The Kier molecular flexibility index (Phi) is 6.00. The number of aliphatic hydroxyl groups is 1. The van der Waals surface area contributed by atoms with E-state index in [1.165, 1.54) is 11.1 Å². The molecule has 32 heavy (non-hydrogen) atoms. The number of nitrogens with zero attached hydrogens (tertiary/aromatic N) is 3. The maximum Gasteiger partial charge on any atom is 0.258 e. The van der Waals surface area contributed by atoms with E-state index in [1.807, 2.05) is 45.9 Å². The van der Waals surface area contributed by atoms with Crippen LogP contribution in [0.25, 0.3) is 22.8 Å². The highest BCUT2D eigenvalue weighted by Gasteiger charge is 2.30. The SMILES string of the molecule is CC(C)Oc1ccc(-c2nc(-c3cccc4c3CCC4NC(C)(C)CO)no2)cc1C#N. The molecule has 7 nitrogen and oxygen atoms in total. The van der Waals surface area contributed by atoms with Gasteiger partial charge in [-0.05, 0) is 69.9 Å². The zero-order valence-corrected chi connectivity index (χ0v) is 18.8. The van der Waals surface area contributed by atoms with Crippen LogP contribution in [-0.2, 0) is 6.42 Å². The van der Waals surface area contributed by atoms with Crippen molar-refractivity contribution in [3.8, 4) is 34.7 Å². The van der Waals surface area contributed by atoms with E-state index in [1.54, 1.807) is 12.1 Å². The lowest BCUT2D eigenvalue weighted by molar-refractivity contribution is 0.175. The number of hydrogen-bond acceptors (Lipinski definition) is 7. The number of fused-ring (bicyclic) bond motifs is 1. The summed E-state index contributed by atoms with van der Waals surface area (Å²) in [6, 6.07) is 13.8. The predicted octanol–water partition coefficient (Wildman–Crippen LogP) is 4.41. The number of rotatable bonds is 7. The number of ether oxygens (including phenoxy) is 1. The minimum atomic E-state index is -0.356. The van der Waals surface area contributed by atoms with Gasteiger partial charge >= 0.3 is 0 Å². The van der Waals surface area contributed by atoms with Gasteiger partial charge in [0.25, 0.3) is 5.89 Å². The Labute approximate surface area is 188 Å². The van der Waals surface area contributed by atoms with Crippen LogP contribution in [0.2, 0.25) is 0 Å². The van der Waals surface area contributed by atoms with E-state index in [2.05, 4.69) is 27.6 Å².